The Hall–Kier alpha value is -3.65. The molecule has 7 nitrogen and oxygen atoms in total. The maximum absolute atomic E-state index is 12.4. The largest absolute Gasteiger partial charge is 0.490 e. The average molecular weight is 477 g/mol. The van der Waals surface area contributed by atoms with Gasteiger partial charge in [0.05, 0.1) is 25.1 Å². The van der Waals surface area contributed by atoms with Crippen LogP contribution in [-0.4, -0.2) is 42.2 Å². The van der Waals surface area contributed by atoms with Gasteiger partial charge < -0.3 is 20.1 Å². The summed E-state index contributed by atoms with van der Waals surface area (Å²) >= 11 is 1.61. The van der Waals surface area contributed by atoms with E-state index in [1.165, 1.54) is 6.33 Å². The molecule has 4 rings (SSSR count). The molecule has 0 aliphatic rings. The second-order valence-electron chi connectivity index (χ2n) is 7.52. The zero-order chi connectivity index (χ0) is 23.8. The molecule has 2 aromatic carbocycles. The van der Waals surface area contributed by atoms with Crippen LogP contribution in [0.2, 0.25) is 0 Å². The summed E-state index contributed by atoms with van der Waals surface area (Å²) in [5.41, 5.74) is 2.21. The van der Waals surface area contributed by atoms with Gasteiger partial charge in [-0.2, -0.15) is 0 Å². The average Bonchev–Trinajstić information content (AvgIpc) is 3.30. The number of aromatic nitrogens is 2. The Morgan fingerprint density at radius 1 is 0.971 bits per heavy atom. The Morgan fingerprint density at radius 2 is 1.76 bits per heavy atom. The Bertz CT molecular complexity index is 1240. The van der Waals surface area contributed by atoms with E-state index in [4.69, 9.17) is 9.47 Å². The summed E-state index contributed by atoms with van der Waals surface area (Å²) in [6, 6.07) is 18.1. The molecule has 1 amide bonds. The minimum atomic E-state index is -0.0961. The van der Waals surface area contributed by atoms with Crippen molar-refractivity contribution in [3.63, 3.8) is 0 Å². The third kappa shape index (κ3) is 5.82. The van der Waals surface area contributed by atoms with Gasteiger partial charge in [0, 0.05) is 11.4 Å². The Labute approximate surface area is 203 Å². The lowest BCUT2D eigenvalue weighted by Crippen LogP contribution is -2.31. The number of rotatable bonds is 11. The van der Waals surface area contributed by atoms with Crippen molar-refractivity contribution in [2.75, 3.05) is 31.6 Å². The molecule has 0 radical (unpaired) electrons. The normalized spacial score (nSPS) is 10.8. The van der Waals surface area contributed by atoms with Crippen LogP contribution in [0.15, 0.2) is 60.9 Å². The first kappa shape index (κ1) is 23.5. The highest BCUT2D eigenvalue weighted by Gasteiger charge is 2.11. The number of hydrogen-bond donors (Lipinski definition) is 2. The summed E-state index contributed by atoms with van der Waals surface area (Å²) in [5, 5.41) is 7.03. The van der Waals surface area contributed by atoms with Crippen molar-refractivity contribution in [2.45, 2.75) is 20.3 Å². The number of carbonyl (C=O) groups excluding carboxylic acids is 1. The number of hydrogen-bond acceptors (Lipinski definition) is 7. The number of anilines is 1. The van der Waals surface area contributed by atoms with Gasteiger partial charge in [-0.05, 0) is 49.6 Å². The first-order chi connectivity index (χ1) is 16.7. The lowest BCUT2D eigenvalue weighted by Gasteiger charge is -2.13. The van der Waals surface area contributed by atoms with E-state index in [0.717, 1.165) is 37.7 Å². The molecule has 0 fully saturated rings. The van der Waals surface area contributed by atoms with Crippen LogP contribution >= 0.6 is 11.3 Å². The number of nitrogens with one attached hydrogen (secondary N) is 2. The molecule has 0 atom stereocenters. The fraction of sp³-hybridized carbons (Fsp3) is 0.269. The van der Waals surface area contributed by atoms with Crippen LogP contribution in [0.4, 0.5) is 5.82 Å². The molecule has 34 heavy (non-hydrogen) atoms. The molecule has 8 heteroatoms. The fourth-order valence-electron chi connectivity index (χ4n) is 3.56. The third-order valence-corrected chi connectivity index (χ3v) is 6.24. The van der Waals surface area contributed by atoms with Crippen LogP contribution in [0.3, 0.4) is 0 Å². The van der Waals surface area contributed by atoms with E-state index in [9.17, 15) is 4.79 Å². The van der Waals surface area contributed by atoms with Gasteiger partial charge in [-0.15, -0.1) is 11.3 Å². The van der Waals surface area contributed by atoms with E-state index in [1.807, 2.05) is 50.2 Å². The van der Waals surface area contributed by atoms with Gasteiger partial charge in [0.25, 0.3) is 0 Å². The summed E-state index contributed by atoms with van der Waals surface area (Å²) in [6.07, 6.45) is 2.22. The van der Waals surface area contributed by atoms with E-state index in [-0.39, 0.29) is 12.5 Å². The Balaban J connectivity index is 1.32. The molecule has 0 saturated carbocycles. The third-order valence-electron chi connectivity index (χ3n) is 5.15. The number of fused-ring (bicyclic) bond motifs is 1. The second kappa shape index (κ2) is 11.5. The molecular weight excluding hydrogens is 448 g/mol. The van der Waals surface area contributed by atoms with Crippen molar-refractivity contribution < 1.29 is 14.3 Å². The molecule has 176 valence electrons. The van der Waals surface area contributed by atoms with Crippen molar-refractivity contribution >= 4 is 33.3 Å². The minimum Gasteiger partial charge on any atom is -0.490 e. The summed E-state index contributed by atoms with van der Waals surface area (Å²) in [5.74, 6) is 2.03. The predicted octanol–water partition coefficient (Wildman–Crippen LogP) is 4.93. The smallest absolute Gasteiger partial charge is 0.239 e. The Kier molecular flexibility index (Phi) is 7.93. The maximum atomic E-state index is 12.4. The van der Waals surface area contributed by atoms with Crippen LogP contribution in [0.5, 0.6) is 11.5 Å². The van der Waals surface area contributed by atoms with Crippen LogP contribution in [0, 0.1) is 0 Å². The topological polar surface area (TPSA) is 85.4 Å². The highest BCUT2D eigenvalue weighted by Crippen LogP contribution is 2.34. The Morgan fingerprint density at radius 3 is 2.56 bits per heavy atom. The molecule has 0 unspecified atom stereocenters. The van der Waals surface area contributed by atoms with Gasteiger partial charge in [0.1, 0.15) is 17.0 Å². The lowest BCUT2D eigenvalue weighted by atomic mass is 10.1. The van der Waals surface area contributed by atoms with Crippen molar-refractivity contribution in [2.24, 2.45) is 0 Å². The summed E-state index contributed by atoms with van der Waals surface area (Å²) in [4.78, 5) is 23.1. The zero-order valence-electron chi connectivity index (χ0n) is 19.3. The number of nitrogens with zero attached hydrogens (tertiary/aromatic N) is 2. The van der Waals surface area contributed by atoms with Crippen LogP contribution in [0.25, 0.3) is 20.7 Å². The zero-order valence-corrected chi connectivity index (χ0v) is 20.2. The van der Waals surface area contributed by atoms with E-state index in [2.05, 4.69) is 38.8 Å². The van der Waals surface area contributed by atoms with Crippen molar-refractivity contribution in [1.82, 2.24) is 15.3 Å². The van der Waals surface area contributed by atoms with Gasteiger partial charge in [-0.25, -0.2) is 9.97 Å². The second-order valence-corrected chi connectivity index (χ2v) is 8.55. The highest BCUT2D eigenvalue weighted by molar-refractivity contribution is 7.21. The summed E-state index contributed by atoms with van der Waals surface area (Å²) in [7, 11) is 0. The van der Waals surface area contributed by atoms with Crippen LogP contribution in [0.1, 0.15) is 19.4 Å². The lowest BCUT2D eigenvalue weighted by molar-refractivity contribution is -0.119. The fourth-order valence-corrected chi connectivity index (χ4v) is 4.57. The minimum absolute atomic E-state index is 0.0961. The van der Waals surface area contributed by atoms with Gasteiger partial charge >= 0.3 is 0 Å². The number of thiophene rings is 1. The molecule has 0 bridgehead atoms. The number of ether oxygens (including phenoxy) is 2. The number of carbonyl (C=O) groups is 1. The van der Waals surface area contributed by atoms with Crippen LogP contribution < -0.4 is 20.1 Å². The summed E-state index contributed by atoms with van der Waals surface area (Å²) in [6.45, 7) is 5.70. The standard InChI is InChI=1S/C26H28N4O3S/c1-3-32-21-11-10-18(14-22(21)33-4-2)12-13-27-24(31)16-28-25-20-15-23(19-8-6-5-7-9-19)34-26(20)30-17-29-25/h5-11,14-15,17H,3-4,12-13,16H2,1-2H3,(H,27,31)(H,28,29,30). The molecule has 2 heterocycles. The SMILES string of the molecule is CCOc1ccc(CCNC(=O)CNc2ncnc3sc(-c4ccccc4)cc23)cc1OCC. The van der Waals surface area contributed by atoms with Gasteiger partial charge in [-0.1, -0.05) is 36.4 Å². The van der Waals surface area contributed by atoms with Crippen molar-refractivity contribution in [3.05, 3.63) is 66.5 Å². The van der Waals surface area contributed by atoms with E-state index < -0.39 is 0 Å². The van der Waals surface area contributed by atoms with Crippen LogP contribution in [-0.2, 0) is 11.2 Å². The van der Waals surface area contributed by atoms with Crippen molar-refractivity contribution in [3.8, 4) is 21.9 Å². The van der Waals surface area contributed by atoms with E-state index in [1.54, 1.807) is 11.3 Å². The molecule has 0 saturated heterocycles. The quantitative estimate of drug-likeness (QED) is 0.319. The van der Waals surface area contributed by atoms with Gasteiger partial charge in [0.15, 0.2) is 11.5 Å². The maximum Gasteiger partial charge on any atom is 0.239 e. The van der Waals surface area contributed by atoms with Gasteiger partial charge in [-0.3, -0.25) is 4.79 Å². The molecule has 2 N–H and O–H groups in total. The summed E-state index contributed by atoms with van der Waals surface area (Å²) < 4.78 is 11.3. The molecule has 0 aliphatic heterocycles. The number of benzene rings is 2. The molecule has 2 aromatic heterocycles. The van der Waals surface area contributed by atoms with Crippen molar-refractivity contribution in [1.29, 1.82) is 0 Å². The number of amides is 1. The first-order valence-electron chi connectivity index (χ1n) is 11.4. The molecule has 0 aliphatic carbocycles. The monoisotopic (exact) mass is 476 g/mol. The van der Waals surface area contributed by atoms with E-state index in [0.29, 0.717) is 32.0 Å². The molecule has 0 spiro atoms. The first-order valence-corrected chi connectivity index (χ1v) is 12.2. The highest BCUT2D eigenvalue weighted by atomic mass is 32.1. The van der Waals surface area contributed by atoms with E-state index >= 15 is 0 Å². The molecule has 4 aromatic rings. The predicted molar refractivity (Wildman–Crippen MR) is 137 cm³/mol. The van der Waals surface area contributed by atoms with Gasteiger partial charge in [0.2, 0.25) is 5.91 Å². The molecular formula is C26H28N4O3S.